The van der Waals surface area contributed by atoms with Crippen LogP contribution in [-0.2, 0) is 24.4 Å². The molecule has 0 aliphatic carbocycles. The molecule has 0 saturated carbocycles. The van der Waals surface area contributed by atoms with Crippen LogP contribution in [0.3, 0.4) is 0 Å². The molecule has 2 atom stereocenters. The van der Waals surface area contributed by atoms with Crippen LogP contribution in [0.5, 0.6) is 0 Å². The number of aliphatic carboxylic acids is 1. The summed E-state index contributed by atoms with van der Waals surface area (Å²) in [5.74, 6) is -2.00. The molecule has 1 aliphatic heterocycles. The molecule has 0 unspecified atom stereocenters. The largest absolute Gasteiger partial charge is 0.480 e. The van der Waals surface area contributed by atoms with Gasteiger partial charge in [0.15, 0.2) is 5.96 Å². The van der Waals surface area contributed by atoms with E-state index in [1.165, 1.54) is 6.07 Å². The van der Waals surface area contributed by atoms with Crippen LogP contribution in [0.15, 0.2) is 81.8 Å². The molecule has 13 heteroatoms. The first-order chi connectivity index (χ1) is 18.1. The number of nitrogens with zero attached hydrogens (tertiary/aromatic N) is 2. The van der Waals surface area contributed by atoms with Gasteiger partial charge in [0.2, 0.25) is 15.9 Å². The Kier molecular flexibility index (Phi) is 7.88. The van der Waals surface area contributed by atoms with Gasteiger partial charge in [-0.1, -0.05) is 53.7 Å². The fourth-order valence-corrected chi connectivity index (χ4v) is 5.36. The van der Waals surface area contributed by atoms with Gasteiger partial charge in [0.05, 0.1) is 22.7 Å². The lowest BCUT2D eigenvalue weighted by molar-refractivity contribution is -0.138. The van der Waals surface area contributed by atoms with E-state index in [1.807, 2.05) is 0 Å². The summed E-state index contributed by atoms with van der Waals surface area (Å²) in [5, 5.41) is 17.2. The van der Waals surface area contributed by atoms with Gasteiger partial charge in [-0.2, -0.15) is 4.72 Å². The van der Waals surface area contributed by atoms with Gasteiger partial charge in [0.25, 0.3) is 0 Å². The van der Waals surface area contributed by atoms with Crippen LogP contribution >= 0.6 is 0 Å². The molecule has 0 bridgehead atoms. The zero-order chi connectivity index (χ0) is 27.3. The van der Waals surface area contributed by atoms with Crippen LogP contribution in [0, 0.1) is 0 Å². The smallest absolute Gasteiger partial charge is 0.323 e. The number of nitrogens with one attached hydrogen (secondary N) is 2. The number of benzene rings is 3. The van der Waals surface area contributed by atoms with E-state index >= 15 is 0 Å². The molecule has 7 N–H and O–H groups in total. The lowest BCUT2D eigenvalue weighted by Gasteiger charge is -2.17. The molecule has 12 nitrogen and oxygen atoms in total. The quantitative estimate of drug-likeness (QED) is 0.187. The molecule has 38 heavy (non-hydrogen) atoms. The second-order valence-corrected chi connectivity index (χ2v) is 10.2. The van der Waals surface area contributed by atoms with Crippen LogP contribution in [-0.4, -0.2) is 55.8 Å². The molecule has 198 valence electrons. The molecule has 1 aliphatic rings. The summed E-state index contributed by atoms with van der Waals surface area (Å²) in [6.45, 7) is -0.454. The van der Waals surface area contributed by atoms with Crippen LogP contribution < -0.4 is 21.5 Å². The van der Waals surface area contributed by atoms with Crippen LogP contribution in [0.25, 0.3) is 10.8 Å². The Morgan fingerprint density at radius 1 is 1.08 bits per heavy atom. The molecular formula is C25H26N6O6S. The Morgan fingerprint density at radius 3 is 2.50 bits per heavy atom. The van der Waals surface area contributed by atoms with Gasteiger partial charge in [-0.15, -0.1) is 0 Å². The first-order valence-electron chi connectivity index (χ1n) is 11.5. The summed E-state index contributed by atoms with van der Waals surface area (Å²) in [5.41, 5.74) is 12.7. The number of aliphatic imine (C=N–C) groups is 1. The van der Waals surface area contributed by atoms with Crippen molar-refractivity contribution in [1.29, 1.82) is 0 Å². The van der Waals surface area contributed by atoms with Crippen molar-refractivity contribution in [2.45, 2.75) is 29.9 Å². The number of carbonyl (C=O) groups excluding carboxylic acids is 1. The monoisotopic (exact) mass is 538 g/mol. The summed E-state index contributed by atoms with van der Waals surface area (Å²) in [6.07, 6.45) is -0.301. The van der Waals surface area contributed by atoms with E-state index in [-0.39, 0.29) is 17.3 Å². The number of fused-ring (bicyclic) bond motifs is 1. The Balaban J connectivity index is 1.32. The normalized spacial score (nSPS) is 15.8. The molecule has 0 radical (unpaired) electrons. The Bertz CT molecular complexity index is 1510. The number of rotatable bonds is 10. The number of hydrogen-bond donors (Lipinski definition) is 5. The summed E-state index contributed by atoms with van der Waals surface area (Å²) in [4.78, 5) is 33.5. The highest BCUT2D eigenvalue weighted by molar-refractivity contribution is 7.89. The Morgan fingerprint density at radius 2 is 1.79 bits per heavy atom. The number of oxime groups is 1. The number of hydrogen-bond acceptors (Lipinski definition) is 7. The van der Waals surface area contributed by atoms with Crippen molar-refractivity contribution in [1.82, 2.24) is 10.0 Å². The van der Waals surface area contributed by atoms with E-state index in [4.69, 9.17) is 16.3 Å². The van der Waals surface area contributed by atoms with E-state index in [2.05, 4.69) is 20.2 Å². The second-order valence-electron chi connectivity index (χ2n) is 8.55. The average molecular weight is 539 g/mol. The van der Waals surface area contributed by atoms with Crippen molar-refractivity contribution >= 4 is 50.0 Å². The van der Waals surface area contributed by atoms with Crippen molar-refractivity contribution in [2.24, 2.45) is 21.6 Å². The van der Waals surface area contributed by atoms with Crippen LogP contribution in [0.2, 0.25) is 0 Å². The Hall–Kier alpha value is -4.49. The van der Waals surface area contributed by atoms with Gasteiger partial charge in [-0.25, -0.2) is 13.4 Å². The summed E-state index contributed by atoms with van der Waals surface area (Å²) in [6, 6.07) is 17.0. The molecule has 1 amide bonds. The van der Waals surface area contributed by atoms with Gasteiger partial charge in [0, 0.05) is 18.4 Å². The maximum atomic E-state index is 13.0. The highest BCUT2D eigenvalue weighted by Crippen LogP contribution is 2.23. The number of guanidine groups is 1. The molecule has 3 aromatic rings. The fourth-order valence-electron chi connectivity index (χ4n) is 3.94. The molecule has 4 rings (SSSR count). The standard InChI is InChI=1S/C25H26N6O6S/c26-25(27)29-17-10-8-16(9-11-17)20-12-18(37-30-20)13-23(32)28-14-21(24(33)34)31-38(35,36)22-7-3-5-15-4-1-2-6-19(15)22/h1-11,18,21,31H,12-14H2,(H,28,32)(H,33,34)(H4,26,27,29)/t18-,21+/m1/s1. The van der Waals surface area contributed by atoms with Crippen LogP contribution in [0.4, 0.5) is 5.69 Å². The number of carbonyl (C=O) groups is 2. The first kappa shape index (κ1) is 26.6. The number of sulfonamides is 1. The third-order valence-corrected chi connectivity index (χ3v) is 7.27. The highest BCUT2D eigenvalue weighted by atomic mass is 32.2. The minimum Gasteiger partial charge on any atom is -0.480 e. The van der Waals surface area contributed by atoms with E-state index in [0.717, 1.165) is 5.56 Å². The third-order valence-electron chi connectivity index (χ3n) is 5.74. The average Bonchev–Trinajstić information content (AvgIpc) is 3.34. The predicted molar refractivity (Wildman–Crippen MR) is 141 cm³/mol. The molecule has 3 aromatic carbocycles. The zero-order valence-corrected chi connectivity index (χ0v) is 20.9. The van der Waals surface area contributed by atoms with Gasteiger partial charge in [-0.3, -0.25) is 9.59 Å². The van der Waals surface area contributed by atoms with E-state index in [0.29, 0.717) is 28.6 Å². The minimum absolute atomic E-state index is 0.0523. The lowest BCUT2D eigenvalue weighted by Crippen LogP contribution is -2.48. The number of carboxylic acids is 1. The molecule has 1 heterocycles. The van der Waals surface area contributed by atoms with Crippen molar-refractivity contribution in [3.8, 4) is 0 Å². The lowest BCUT2D eigenvalue weighted by atomic mass is 10.0. The van der Waals surface area contributed by atoms with E-state index in [9.17, 15) is 23.1 Å². The number of amides is 1. The van der Waals surface area contributed by atoms with Gasteiger partial charge >= 0.3 is 5.97 Å². The molecule has 0 aromatic heterocycles. The number of nitrogens with two attached hydrogens (primary N) is 2. The summed E-state index contributed by atoms with van der Waals surface area (Å²) in [7, 11) is -4.20. The maximum Gasteiger partial charge on any atom is 0.323 e. The predicted octanol–water partition coefficient (Wildman–Crippen LogP) is 1.18. The van der Waals surface area contributed by atoms with E-state index < -0.39 is 40.6 Å². The molecule has 0 fully saturated rings. The van der Waals surface area contributed by atoms with Crippen molar-refractivity contribution < 1.29 is 28.0 Å². The van der Waals surface area contributed by atoms with Crippen LogP contribution in [0.1, 0.15) is 18.4 Å². The first-order valence-corrected chi connectivity index (χ1v) is 13.0. The summed E-state index contributed by atoms with van der Waals surface area (Å²) < 4.78 is 28.1. The van der Waals surface area contributed by atoms with E-state index in [1.54, 1.807) is 60.7 Å². The summed E-state index contributed by atoms with van der Waals surface area (Å²) >= 11 is 0. The SMILES string of the molecule is NC(N)=Nc1ccc(C2=NO[C@@H](CC(=O)NC[C@H](NS(=O)(=O)c3cccc4ccccc34)C(=O)O)C2)cc1. The topological polar surface area (TPSA) is 199 Å². The molecule has 0 spiro atoms. The highest BCUT2D eigenvalue weighted by Gasteiger charge is 2.29. The Labute approximate surface area is 218 Å². The molecular weight excluding hydrogens is 512 g/mol. The van der Waals surface area contributed by atoms with Crippen molar-refractivity contribution in [3.63, 3.8) is 0 Å². The fraction of sp³-hybridized carbons (Fsp3) is 0.200. The zero-order valence-electron chi connectivity index (χ0n) is 20.1. The maximum absolute atomic E-state index is 13.0. The van der Waals surface area contributed by atoms with Crippen molar-refractivity contribution in [2.75, 3.05) is 6.54 Å². The third kappa shape index (κ3) is 6.44. The van der Waals surface area contributed by atoms with Crippen molar-refractivity contribution in [3.05, 3.63) is 72.3 Å². The van der Waals surface area contributed by atoms with Gasteiger partial charge in [0.1, 0.15) is 12.1 Å². The second kappa shape index (κ2) is 11.3. The number of carboxylic acid groups (broad SMARTS) is 1. The molecule has 0 saturated heterocycles. The minimum atomic E-state index is -4.20. The van der Waals surface area contributed by atoms with Gasteiger partial charge in [-0.05, 0) is 29.1 Å². The van der Waals surface area contributed by atoms with Gasteiger partial charge < -0.3 is 26.7 Å².